The molecule has 0 bridgehead atoms. The number of hydrogen-bond acceptors (Lipinski definition) is 3. The van der Waals surface area contributed by atoms with Gasteiger partial charge in [0.05, 0.1) is 0 Å². The van der Waals surface area contributed by atoms with E-state index in [4.69, 9.17) is 0 Å². The zero-order valence-electron chi connectivity index (χ0n) is 13.4. The van der Waals surface area contributed by atoms with E-state index in [2.05, 4.69) is 5.32 Å². The number of anilines is 1. The molecule has 1 N–H and O–H groups in total. The first-order valence-electron chi connectivity index (χ1n) is 7.97. The topological polar surface area (TPSA) is 69.7 Å². The number of para-hydroxylation sites is 1. The van der Waals surface area contributed by atoms with Crippen LogP contribution in [0, 0.1) is 0 Å². The van der Waals surface area contributed by atoms with Crippen LogP contribution in [-0.4, -0.2) is 46.8 Å². The molecule has 3 rings (SSSR count). The highest BCUT2D eigenvalue weighted by atomic mass is 16.2. The van der Waals surface area contributed by atoms with Crippen LogP contribution in [0.3, 0.4) is 0 Å². The van der Waals surface area contributed by atoms with Crippen molar-refractivity contribution in [3.05, 3.63) is 29.8 Å². The summed E-state index contributed by atoms with van der Waals surface area (Å²) in [6, 6.07) is 7.40. The van der Waals surface area contributed by atoms with E-state index in [-0.39, 0.29) is 42.9 Å². The number of amides is 4. The van der Waals surface area contributed by atoms with Crippen LogP contribution in [0.4, 0.5) is 10.5 Å². The molecule has 6 heteroatoms. The second-order valence-corrected chi connectivity index (χ2v) is 6.41. The second kappa shape index (κ2) is 6.02. The maximum absolute atomic E-state index is 12.3. The number of nitrogens with zero attached hydrogens (tertiary/aromatic N) is 2. The number of urea groups is 1. The van der Waals surface area contributed by atoms with Crippen LogP contribution in [0.2, 0.25) is 0 Å². The molecule has 0 radical (unpaired) electrons. The highest BCUT2D eigenvalue weighted by Crippen LogP contribution is 2.30. The third-order valence-corrected chi connectivity index (χ3v) is 4.23. The summed E-state index contributed by atoms with van der Waals surface area (Å²) in [5.74, 6) is -0.376. The summed E-state index contributed by atoms with van der Waals surface area (Å²) in [5, 5.41) is 2.82. The molecule has 6 nitrogen and oxygen atoms in total. The molecule has 122 valence electrons. The second-order valence-electron chi connectivity index (χ2n) is 6.41. The van der Waals surface area contributed by atoms with Crippen LogP contribution < -0.4 is 5.32 Å². The van der Waals surface area contributed by atoms with Crippen molar-refractivity contribution in [1.82, 2.24) is 9.80 Å². The molecule has 1 aliphatic carbocycles. The van der Waals surface area contributed by atoms with Gasteiger partial charge in [0.15, 0.2) is 0 Å². The Kier molecular flexibility index (Phi) is 4.07. The molecule has 1 aliphatic heterocycles. The minimum atomic E-state index is -0.350. The van der Waals surface area contributed by atoms with Gasteiger partial charge >= 0.3 is 6.03 Å². The standard InChI is InChI=1S/C17H21N3O3/c1-11(2)13-5-3-4-6-14(13)18-15(21)9-20-16(22)10-19(17(20)23)12-7-8-12/h3-6,11-12H,7-10H2,1-2H3,(H,18,21). The van der Waals surface area contributed by atoms with Crippen LogP contribution in [0.25, 0.3) is 0 Å². The molecule has 0 spiro atoms. The van der Waals surface area contributed by atoms with E-state index in [9.17, 15) is 14.4 Å². The maximum Gasteiger partial charge on any atom is 0.327 e. The van der Waals surface area contributed by atoms with Crippen molar-refractivity contribution < 1.29 is 14.4 Å². The lowest BCUT2D eigenvalue weighted by Gasteiger charge is -2.17. The number of benzene rings is 1. The lowest BCUT2D eigenvalue weighted by molar-refractivity contribution is -0.129. The van der Waals surface area contributed by atoms with Gasteiger partial charge in [-0.2, -0.15) is 0 Å². The third kappa shape index (κ3) is 3.21. The predicted molar refractivity (Wildman–Crippen MR) is 86.0 cm³/mol. The van der Waals surface area contributed by atoms with Crippen LogP contribution in [0.1, 0.15) is 38.2 Å². The molecule has 23 heavy (non-hydrogen) atoms. The van der Waals surface area contributed by atoms with Crippen LogP contribution in [-0.2, 0) is 9.59 Å². The average Bonchev–Trinajstić information content (AvgIpc) is 3.30. The Bertz CT molecular complexity index is 652. The Labute approximate surface area is 135 Å². The molecule has 4 amide bonds. The Balaban J connectivity index is 1.66. The summed E-state index contributed by atoms with van der Waals surface area (Å²) in [4.78, 5) is 39.1. The summed E-state index contributed by atoms with van der Waals surface area (Å²) < 4.78 is 0. The van der Waals surface area contributed by atoms with Crippen LogP contribution >= 0.6 is 0 Å². The highest BCUT2D eigenvalue weighted by molar-refractivity contribution is 6.06. The van der Waals surface area contributed by atoms with Crippen molar-refractivity contribution in [2.75, 3.05) is 18.4 Å². The highest BCUT2D eigenvalue weighted by Gasteiger charge is 2.44. The van der Waals surface area contributed by atoms with E-state index in [1.54, 1.807) is 4.90 Å². The number of hydrogen-bond donors (Lipinski definition) is 1. The predicted octanol–water partition coefficient (Wildman–Crippen LogP) is 2.18. The zero-order chi connectivity index (χ0) is 16.6. The smallest absolute Gasteiger partial charge is 0.324 e. The first kappa shape index (κ1) is 15.5. The van der Waals surface area contributed by atoms with E-state index in [0.717, 1.165) is 29.0 Å². The van der Waals surface area contributed by atoms with Crippen LogP contribution in [0.15, 0.2) is 24.3 Å². The van der Waals surface area contributed by atoms with Gasteiger partial charge in [-0.15, -0.1) is 0 Å². The SMILES string of the molecule is CC(C)c1ccccc1NC(=O)CN1C(=O)CN(C2CC2)C1=O. The summed E-state index contributed by atoms with van der Waals surface area (Å²) in [5.41, 5.74) is 1.75. The van der Waals surface area contributed by atoms with Gasteiger partial charge in [0.2, 0.25) is 5.91 Å². The normalized spacial score (nSPS) is 18.0. The minimum Gasteiger partial charge on any atom is -0.324 e. The van der Waals surface area contributed by atoms with Gasteiger partial charge in [0.1, 0.15) is 13.1 Å². The minimum absolute atomic E-state index is 0.0966. The number of imide groups is 1. The Morgan fingerprint density at radius 3 is 2.61 bits per heavy atom. The van der Waals surface area contributed by atoms with Crippen molar-refractivity contribution in [1.29, 1.82) is 0 Å². The van der Waals surface area contributed by atoms with E-state index in [1.165, 1.54) is 0 Å². The number of rotatable bonds is 5. The van der Waals surface area contributed by atoms with Crippen molar-refractivity contribution in [2.45, 2.75) is 38.6 Å². The first-order chi connectivity index (χ1) is 11.0. The third-order valence-electron chi connectivity index (χ3n) is 4.23. The fourth-order valence-electron chi connectivity index (χ4n) is 2.84. The summed E-state index contributed by atoms with van der Waals surface area (Å²) in [6.07, 6.45) is 1.89. The van der Waals surface area contributed by atoms with Gasteiger partial charge in [-0.3, -0.25) is 14.5 Å². The van der Waals surface area contributed by atoms with Crippen LogP contribution in [0.5, 0.6) is 0 Å². The van der Waals surface area contributed by atoms with E-state index in [1.807, 2.05) is 38.1 Å². The van der Waals surface area contributed by atoms with Gasteiger partial charge in [-0.1, -0.05) is 32.0 Å². The van der Waals surface area contributed by atoms with Gasteiger partial charge in [0, 0.05) is 11.7 Å². The molecule has 2 aliphatic rings. The molecule has 1 saturated carbocycles. The molecule has 1 saturated heterocycles. The maximum atomic E-state index is 12.3. The Morgan fingerprint density at radius 2 is 1.96 bits per heavy atom. The van der Waals surface area contributed by atoms with E-state index >= 15 is 0 Å². The van der Waals surface area contributed by atoms with Crippen molar-refractivity contribution in [3.63, 3.8) is 0 Å². The Morgan fingerprint density at radius 1 is 1.26 bits per heavy atom. The molecule has 1 aromatic carbocycles. The number of carbonyl (C=O) groups is 3. The monoisotopic (exact) mass is 315 g/mol. The lowest BCUT2D eigenvalue weighted by Crippen LogP contribution is -2.39. The zero-order valence-corrected chi connectivity index (χ0v) is 13.4. The molecule has 1 heterocycles. The average molecular weight is 315 g/mol. The first-order valence-corrected chi connectivity index (χ1v) is 7.97. The largest absolute Gasteiger partial charge is 0.327 e. The molecule has 0 aromatic heterocycles. The molecule has 0 unspecified atom stereocenters. The van der Waals surface area contributed by atoms with E-state index in [0.29, 0.717) is 0 Å². The number of nitrogens with one attached hydrogen (secondary N) is 1. The summed E-state index contributed by atoms with van der Waals surface area (Å²) >= 11 is 0. The molecule has 0 atom stereocenters. The van der Waals surface area contributed by atoms with Gasteiger partial charge in [0.25, 0.3) is 5.91 Å². The molecular weight excluding hydrogens is 294 g/mol. The number of carbonyl (C=O) groups excluding carboxylic acids is 3. The fraction of sp³-hybridized carbons (Fsp3) is 0.471. The van der Waals surface area contributed by atoms with Gasteiger partial charge < -0.3 is 10.2 Å². The summed E-state index contributed by atoms with van der Waals surface area (Å²) in [6.45, 7) is 3.96. The molecular formula is C17H21N3O3. The quantitative estimate of drug-likeness (QED) is 0.847. The van der Waals surface area contributed by atoms with Gasteiger partial charge in [-0.05, 0) is 30.4 Å². The summed E-state index contributed by atoms with van der Waals surface area (Å²) in [7, 11) is 0. The van der Waals surface area contributed by atoms with Gasteiger partial charge in [-0.25, -0.2) is 4.79 Å². The van der Waals surface area contributed by atoms with Crippen molar-refractivity contribution >= 4 is 23.5 Å². The van der Waals surface area contributed by atoms with Crippen molar-refractivity contribution in [2.24, 2.45) is 0 Å². The van der Waals surface area contributed by atoms with E-state index < -0.39 is 0 Å². The molecule has 1 aromatic rings. The lowest BCUT2D eigenvalue weighted by atomic mass is 10.0. The Hall–Kier alpha value is -2.37. The fourth-order valence-corrected chi connectivity index (χ4v) is 2.84. The van der Waals surface area contributed by atoms with Crippen molar-refractivity contribution in [3.8, 4) is 0 Å². The molecule has 2 fully saturated rings.